The maximum atomic E-state index is 5.46. The average molecular weight is 290 g/mol. The Morgan fingerprint density at radius 2 is 2.25 bits per heavy atom. The van der Waals surface area contributed by atoms with Gasteiger partial charge in [0, 0.05) is 32.0 Å². The number of ether oxygens (including phenoxy) is 1. The summed E-state index contributed by atoms with van der Waals surface area (Å²) in [7, 11) is 0. The number of aromatic nitrogens is 1. The number of hydrogen-bond acceptors (Lipinski definition) is 4. The van der Waals surface area contributed by atoms with E-state index < -0.39 is 0 Å². The largest absolute Gasteiger partial charge is 0.381 e. The van der Waals surface area contributed by atoms with Crippen LogP contribution in [0, 0.1) is 5.41 Å². The molecule has 0 aliphatic carbocycles. The minimum atomic E-state index is 0.341. The molecule has 0 bridgehead atoms. The van der Waals surface area contributed by atoms with Crippen molar-refractivity contribution in [1.82, 2.24) is 10.3 Å². The average Bonchev–Trinajstić information content (AvgIpc) is 2.93. The van der Waals surface area contributed by atoms with E-state index >= 15 is 0 Å². The van der Waals surface area contributed by atoms with Gasteiger partial charge in [-0.2, -0.15) is 0 Å². The summed E-state index contributed by atoms with van der Waals surface area (Å²) in [6, 6.07) is 4.68. The SMILES string of the molecule is CC(NCC1(C)CCOCC1)c1cnc2ccsc2c1. The van der Waals surface area contributed by atoms with Crippen LogP contribution in [0.15, 0.2) is 23.7 Å². The van der Waals surface area contributed by atoms with Gasteiger partial charge in [-0.15, -0.1) is 11.3 Å². The molecule has 1 aliphatic rings. The number of pyridine rings is 1. The molecule has 3 nitrogen and oxygen atoms in total. The van der Waals surface area contributed by atoms with Crippen molar-refractivity contribution in [2.45, 2.75) is 32.7 Å². The highest BCUT2D eigenvalue weighted by Crippen LogP contribution is 2.30. The number of nitrogens with one attached hydrogen (secondary N) is 1. The molecule has 3 rings (SSSR count). The maximum Gasteiger partial charge on any atom is 0.0809 e. The molecular weight excluding hydrogens is 268 g/mol. The monoisotopic (exact) mass is 290 g/mol. The Bertz CT molecular complexity index is 575. The molecule has 0 aromatic carbocycles. The lowest BCUT2D eigenvalue weighted by Gasteiger charge is -2.34. The minimum absolute atomic E-state index is 0.341. The summed E-state index contributed by atoms with van der Waals surface area (Å²) in [5, 5.41) is 5.77. The fourth-order valence-corrected chi connectivity index (χ4v) is 3.45. The predicted octanol–water partition coefficient (Wildman–Crippen LogP) is 3.76. The number of rotatable bonds is 4. The normalized spacial score (nSPS) is 20.1. The first-order valence-corrected chi connectivity index (χ1v) is 8.19. The van der Waals surface area contributed by atoms with E-state index in [4.69, 9.17) is 4.74 Å². The van der Waals surface area contributed by atoms with Gasteiger partial charge in [0.05, 0.1) is 10.2 Å². The van der Waals surface area contributed by atoms with Crippen LogP contribution in [-0.2, 0) is 4.74 Å². The first-order chi connectivity index (χ1) is 9.66. The summed E-state index contributed by atoms with van der Waals surface area (Å²) in [5.74, 6) is 0. The summed E-state index contributed by atoms with van der Waals surface area (Å²) in [5.41, 5.74) is 2.74. The third-order valence-corrected chi connectivity index (χ3v) is 5.21. The Labute approximate surface area is 124 Å². The molecule has 1 aliphatic heterocycles. The summed E-state index contributed by atoms with van der Waals surface area (Å²) < 4.78 is 6.73. The summed E-state index contributed by atoms with van der Waals surface area (Å²) >= 11 is 1.76. The van der Waals surface area contributed by atoms with Crippen molar-refractivity contribution in [3.8, 4) is 0 Å². The second-order valence-electron chi connectivity index (χ2n) is 6.10. The van der Waals surface area contributed by atoms with E-state index in [1.54, 1.807) is 11.3 Å². The van der Waals surface area contributed by atoms with Crippen molar-refractivity contribution >= 4 is 21.6 Å². The molecule has 3 heterocycles. The van der Waals surface area contributed by atoms with Crippen molar-refractivity contribution in [3.05, 3.63) is 29.3 Å². The predicted molar refractivity (Wildman–Crippen MR) is 84.2 cm³/mol. The zero-order valence-electron chi connectivity index (χ0n) is 12.2. The summed E-state index contributed by atoms with van der Waals surface area (Å²) in [6.07, 6.45) is 4.29. The highest BCUT2D eigenvalue weighted by atomic mass is 32.1. The fraction of sp³-hybridized carbons (Fsp3) is 0.562. The summed E-state index contributed by atoms with van der Waals surface area (Å²) in [6.45, 7) is 7.42. The van der Waals surface area contributed by atoms with E-state index in [0.29, 0.717) is 11.5 Å². The van der Waals surface area contributed by atoms with Crippen molar-refractivity contribution in [2.24, 2.45) is 5.41 Å². The zero-order chi connectivity index (χ0) is 14.0. The quantitative estimate of drug-likeness (QED) is 0.931. The molecule has 0 saturated carbocycles. The molecule has 4 heteroatoms. The Kier molecular flexibility index (Phi) is 4.06. The van der Waals surface area contributed by atoms with Crippen LogP contribution in [0.2, 0.25) is 0 Å². The van der Waals surface area contributed by atoms with Gasteiger partial charge >= 0.3 is 0 Å². The third-order valence-electron chi connectivity index (χ3n) is 4.36. The lowest BCUT2D eigenvalue weighted by Crippen LogP contribution is -2.37. The fourth-order valence-electron chi connectivity index (χ4n) is 2.66. The van der Waals surface area contributed by atoms with Gasteiger partial charge in [-0.25, -0.2) is 0 Å². The van der Waals surface area contributed by atoms with Gasteiger partial charge in [-0.05, 0) is 48.3 Å². The molecule has 108 valence electrons. The van der Waals surface area contributed by atoms with Gasteiger partial charge in [0.1, 0.15) is 0 Å². The second kappa shape index (κ2) is 5.80. The van der Waals surface area contributed by atoms with Gasteiger partial charge in [0.15, 0.2) is 0 Å². The first kappa shape index (κ1) is 14.0. The molecule has 1 saturated heterocycles. The van der Waals surface area contributed by atoms with Gasteiger partial charge in [0.25, 0.3) is 0 Å². The Balaban J connectivity index is 1.64. The van der Waals surface area contributed by atoms with E-state index in [-0.39, 0.29) is 0 Å². The van der Waals surface area contributed by atoms with E-state index in [9.17, 15) is 0 Å². The van der Waals surface area contributed by atoms with Gasteiger partial charge in [-0.3, -0.25) is 4.98 Å². The maximum absolute atomic E-state index is 5.46. The molecule has 0 amide bonds. The number of fused-ring (bicyclic) bond motifs is 1. The molecule has 1 unspecified atom stereocenters. The molecule has 1 fully saturated rings. The smallest absolute Gasteiger partial charge is 0.0809 e. The standard InChI is InChI=1S/C16H22N2OS/c1-12(18-11-16(2)4-6-19-7-5-16)13-9-15-14(17-10-13)3-8-20-15/h3,8-10,12,18H,4-7,11H2,1-2H3. The van der Waals surface area contributed by atoms with E-state index in [1.165, 1.54) is 10.3 Å². The van der Waals surface area contributed by atoms with Crippen molar-refractivity contribution in [3.63, 3.8) is 0 Å². The number of hydrogen-bond donors (Lipinski definition) is 1. The van der Waals surface area contributed by atoms with Crippen LogP contribution in [0.3, 0.4) is 0 Å². The zero-order valence-corrected chi connectivity index (χ0v) is 13.0. The van der Waals surface area contributed by atoms with Gasteiger partial charge in [-0.1, -0.05) is 6.92 Å². The Morgan fingerprint density at radius 3 is 3.05 bits per heavy atom. The second-order valence-corrected chi connectivity index (χ2v) is 7.05. The van der Waals surface area contributed by atoms with Crippen molar-refractivity contribution < 1.29 is 4.74 Å². The molecule has 0 radical (unpaired) electrons. The van der Waals surface area contributed by atoms with Crippen LogP contribution in [0.4, 0.5) is 0 Å². The van der Waals surface area contributed by atoms with Crippen LogP contribution in [-0.4, -0.2) is 24.7 Å². The first-order valence-electron chi connectivity index (χ1n) is 7.31. The van der Waals surface area contributed by atoms with Crippen LogP contribution in [0.5, 0.6) is 0 Å². The lowest BCUT2D eigenvalue weighted by molar-refractivity contribution is 0.0231. The highest BCUT2D eigenvalue weighted by molar-refractivity contribution is 7.17. The summed E-state index contributed by atoms with van der Waals surface area (Å²) in [4.78, 5) is 4.52. The molecular formula is C16H22N2OS. The third kappa shape index (κ3) is 3.03. The van der Waals surface area contributed by atoms with E-state index in [0.717, 1.165) is 38.1 Å². The molecule has 2 aromatic heterocycles. The van der Waals surface area contributed by atoms with E-state index in [2.05, 4.69) is 41.7 Å². The molecule has 20 heavy (non-hydrogen) atoms. The van der Waals surface area contributed by atoms with Gasteiger partial charge in [0.2, 0.25) is 0 Å². The van der Waals surface area contributed by atoms with Crippen molar-refractivity contribution in [2.75, 3.05) is 19.8 Å². The molecule has 0 spiro atoms. The Hall–Kier alpha value is -0.970. The van der Waals surface area contributed by atoms with Crippen LogP contribution in [0.25, 0.3) is 10.2 Å². The number of nitrogens with zero attached hydrogens (tertiary/aromatic N) is 1. The highest BCUT2D eigenvalue weighted by Gasteiger charge is 2.27. The molecule has 2 aromatic rings. The minimum Gasteiger partial charge on any atom is -0.381 e. The topological polar surface area (TPSA) is 34.1 Å². The van der Waals surface area contributed by atoms with Crippen LogP contribution in [0.1, 0.15) is 38.3 Å². The molecule has 1 atom stereocenters. The lowest BCUT2D eigenvalue weighted by atomic mass is 9.82. The number of thiophene rings is 1. The van der Waals surface area contributed by atoms with E-state index in [1.807, 2.05) is 6.20 Å². The van der Waals surface area contributed by atoms with Crippen molar-refractivity contribution in [1.29, 1.82) is 0 Å². The molecule has 1 N–H and O–H groups in total. The van der Waals surface area contributed by atoms with Gasteiger partial charge < -0.3 is 10.1 Å². The van der Waals surface area contributed by atoms with Crippen LogP contribution >= 0.6 is 11.3 Å². The van der Waals surface area contributed by atoms with Crippen LogP contribution < -0.4 is 5.32 Å². The Morgan fingerprint density at radius 1 is 1.45 bits per heavy atom.